The van der Waals surface area contributed by atoms with Crippen LogP contribution in [0.25, 0.3) is 22.6 Å². The second-order valence-corrected chi connectivity index (χ2v) is 4.94. The number of rotatable bonds is 2. The summed E-state index contributed by atoms with van der Waals surface area (Å²) in [6.07, 6.45) is 0. The van der Waals surface area contributed by atoms with Gasteiger partial charge in [-0.15, -0.1) is 0 Å². The summed E-state index contributed by atoms with van der Waals surface area (Å²) in [6, 6.07) is 14.7. The van der Waals surface area contributed by atoms with Gasteiger partial charge < -0.3 is 4.98 Å². The SMILES string of the molecule is O=c1cc(-c2ccccc2)nc(-c2cc(F)cc(Cl)c2)[nH]1. The van der Waals surface area contributed by atoms with Crippen LogP contribution in [0.2, 0.25) is 5.02 Å². The molecule has 0 saturated heterocycles. The second-order valence-electron chi connectivity index (χ2n) is 4.50. The van der Waals surface area contributed by atoms with E-state index in [1.165, 1.54) is 18.2 Å². The van der Waals surface area contributed by atoms with E-state index in [9.17, 15) is 9.18 Å². The number of benzene rings is 2. The van der Waals surface area contributed by atoms with Crippen molar-refractivity contribution in [1.82, 2.24) is 9.97 Å². The Morgan fingerprint density at radius 1 is 1.00 bits per heavy atom. The van der Waals surface area contributed by atoms with Crippen molar-refractivity contribution < 1.29 is 4.39 Å². The highest BCUT2D eigenvalue weighted by atomic mass is 35.5. The molecule has 0 spiro atoms. The number of hydrogen-bond acceptors (Lipinski definition) is 2. The molecule has 104 valence electrons. The van der Waals surface area contributed by atoms with Crippen molar-refractivity contribution >= 4 is 11.6 Å². The first-order valence-corrected chi connectivity index (χ1v) is 6.63. The molecule has 0 saturated carbocycles. The van der Waals surface area contributed by atoms with Gasteiger partial charge in [0.25, 0.3) is 5.56 Å². The minimum atomic E-state index is -0.481. The quantitative estimate of drug-likeness (QED) is 0.780. The fourth-order valence-corrected chi connectivity index (χ4v) is 2.26. The number of hydrogen-bond donors (Lipinski definition) is 1. The van der Waals surface area contributed by atoms with Crippen molar-refractivity contribution in [3.63, 3.8) is 0 Å². The lowest BCUT2D eigenvalue weighted by Crippen LogP contribution is -2.08. The van der Waals surface area contributed by atoms with E-state index in [1.54, 1.807) is 6.07 Å². The average Bonchev–Trinajstić information content (AvgIpc) is 2.46. The Morgan fingerprint density at radius 3 is 2.48 bits per heavy atom. The van der Waals surface area contributed by atoms with Crippen LogP contribution in [-0.2, 0) is 0 Å². The fourth-order valence-electron chi connectivity index (χ4n) is 2.04. The lowest BCUT2D eigenvalue weighted by molar-refractivity contribution is 0.628. The molecule has 2 aromatic carbocycles. The van der Waals surface area contributed by atoms with Gasteiger partial charge in [-0.05, 0) is 18.2 Å². The zero-order chi connectivity index (χ0) is 14.8. The van der Waals surface area contributed by atoms with Crippen molar-refractivity contribution in [3.05, 3.63) is 75.8 Å². The highest BCUT2D eigenvalue weighted by Crippen LogP contribution is 2.23. The zero-order valence-corrected chi connectivity index (χ0v) is 11.6. The summed E-state index contributed by atoms with van der Waals surface area (Å²) in [5, 5.41) is 0.248. The molecule has 0 unspecified atom stereocenters. The monoisotopic (exact) mass is 300 g/mol. The van der Waals surface area contributed by atoms with Gasteiger partial charge in [-0.3, -0.25) is 4.79 Å². The molecule has 0 aliphatic rings. The standard InChI is InChI=1S/C16H10ClFN2O/c17-12-6-11(7-13(18)8-12)16-19-14(9-15(21)20-16)10-4-2-1-3-5-10/h1-9H,(H,19,20,21). The molecule has 3 rings (SSSR count). The normalized spacial score (nSPS) is 10.6. The first-order chi connectivity index (χ1) is 10.1. The number of halogens is 2. The Kier molecular flexibility index (Phi) is 3.54. The van der Waals surface area contributed by atoms with Gasteiger partial charge >= 0.3 is 0 Å². The molecule has 0 bridgehead atoms. The van der Waals surface area contributed by atoms with Crippen LogP contribution < -0.4 is 5.56 Å². The third-order valence-electron chi connectivity index (χ3n) is 2.95. The Morgan fingerprint density at radius 2 is 1.76 bits per heavy atom. The van der Waals surface area contributed by atoms with Gasteiger partial charge in [0, 0.05) is 22.2 Å². The summed E-state index contributed by atoms with van der Waals surface area (Å²) < 4.78 is 13.4. The van der Waals surface area contributed by atoms with Crippen LogP contribution in [-0.4, -0.2) is 9.97 Å². The largest absolute Gasteiger partial charge is 0.306 e. The molecule has 0 atom stereocenters. The molecule has 3 nitrogen and oxygen atoms in total. The second kappa shape index (κ2) is 5.50. The molecule has 3 aromatic rings. The van der Waals surface area contributed by atoms with Crippen LogP contribution in [0.5, 0.6) is 0 Å². The summed E-state index contributed by atoms with van der Waals surface area (Å²) >= 11 is 5.84. The summed E-state index contributed by atoms with van der Waals surface area (Å²) in [6.45, 7) is 0. The van der Waals surface area contributed by atoms with E-state index in [1.807, 2.05) is 30.3 Å². The molecular weight excluding hydrogens is 291 g/mol. The molecule has 5 heteroatoms. The van der Waals surface area contributed by atoms with Gasteiger partial charge in [0.05, 0.1) is 5.69 Å². The van der Waals surface area contributed by atoms with E-state index >= 15 is 0 Å². The number of nitrogens with one attached hydrogen (secondary N) is 1. The van der Waals surface area contributed by atoms with E-state index in [0.29, 0.717) is 11.3 Å². The summed E-state index contributed by atoms with van der Waals surface area (Å²) in [5.41, 5.74) is 1.45. The number of aromatic amines is 1. The molecule has 21 heavy (non-hydrogen) atoms. The maximum absolute atomic E-state index is 13.4. The van der Waals surface area contributed by atoms with Gasteiger partial charge in [0.2, 0.25) is 0 Å². The van der Waals surface area contributed by atoms with Gasteiger partial charge in [-0.25, -0.2) is 9.37 Å². The molecule has 1 heterocycles. The van der Waals surface area contributed by atoms with E-state index < -0.39 is 5.82 Å². The van der Waals surface area contributed by atoms with E-state index in [-0.39, 0.29) is 16.4 Å². The van der Waals surface area contributed by atoms with Gasteiger partial charge in [0.15, 0.2) is 0 Å². The minimum absolute atomic E-state index is 0.248. The Bertz CT molecular complexity index is 826. The molecule has 0 aliphatic heterocycles. The molecule has 1 aromatic heterocycles. The molecule has 0 radical (unpaired) electrons. The van der Waals surface area contributed by atoms with Crippen LogP contribution >= 0.6 is 11.6 Å². The number of H-pyrrole nitrogens is 1. The Hall–Kier alpha value is -2.46. The fraction of sp³-hybridized carbons (Fsp3) is 0. The van der Waals surface area contributed by atoms with Crippen LogP contribution in [0.15, 0.2) is 59.4 Å². The number of nitrogens with zero attached hydrogens (tertiary/aromatic N) is 1. The van der Waals surface area contributed by atoms with Gasteiger partial charge in [-0.2, -0.15) is 0 Å². The maximum Gasteiger partial charge on any atom is 0.251 e. The van der Waals surface area contributed by atoms with Crippen molar-refractivity contribution in [1.29, 1.82) is 0 Å². The van der Waals surface area contributed by atoms with E-state index in [2.05, 4.69) is 9.97 Å². The van der Waals surface area contributed by atoms with Crippen molar-refractivity contribution in [3.8, 4) is 22.6 Å². The van der Waals surface area contributed by atoms with Crippen molar-refractivity contribution in [2.24, 2.45) is 0 Å². The summed E-state index contributed by atoms with van der Waals surface area (Å²) in [7, 11) is 0. The first-order valence-electron chi connectivity index (χ1n) is 6.25. The third kappa shape index (κ3) is 3.01. The smallest absolute Gasteiger partial charge is 0.251 e. The van der Waals surface area contributed by atoms with E-state index in [0.717, 1.165) is 5.56 Å². The summed E-state index contributed by atoms with van der Waals surface area (Å²) in [5.74, 6) is -0.201. The topological polar surface area (TPSA) is 45.8 Å². The van der Waals surface area contributed by atoms with Crippen molar-refractivity contribution in [2.75, 3.05) is 0 Å². The van der Waals surface area contributed by atoms with Crippen LogP contribution in [0, 0.1) is 5.82 Å². The van der Waals surface area contributed by atoms with Crippen LogP contribution in [0.4, 0.5) is 4.39 Å². The van der Waals surface area contributed by atoms with Crippen molar-refractivity contribution in [2.45, 2.75) is 0 Å². The molecule has 0 fully saturated rings. The Balaban J connectivity index is 2.16. The van der Waals surface area contributed by atoms with Crippen LogP contribution in [0.1, 0.15) is 0 Å². The van der Waals surface area contributed by atoms with Crippen LogP contribution in [0.3, 0.4) is 0 Å². The zero-order valence-electron chi connectivity index (χ0n) is 10.8. The lowest BCUT2D eigenvalue weighted by Gasteiger charge is -2.05. The Labute approximate surface area is 125 Å². The average molecular weight is 301 g/mol. The lowest BCUT2D eigenvalue weighted by atomic mass is 10.1. The third-order valence-corrected chi connectivity index (χ3v) is 3.17. The summed E-state index contributed by atoms with van der Waals surface area (Å²) in [4.78, 5) is 18.8. The van der Waals surface area contributed by atoms with Gasteiger partial charge in [-0.1, -0.05) is 41.9 Å². The van der Waals surface area contributed by atoms with Gasteiger partial charge in [0.1, 0.15) is 11.6 Å². The predicted octanol–water partition coefficient (Wildman–Crippen LogP) is 3.90. The minimum Gasteiger partial charge on any atom is -0.306 e. The first kappa shape index (κ1) is 13.5. The molecule has 1 N–H and O–H groups in total. The number of aromatic nitrogens is 2. The molecule has 0 aliphatic carbocycles. The molecular formula is C16H10ClFN2O. The predicted molar refractivity (Wildman–Crippen MR) is 80.7 cm³/mol. The highest BCUT2D eigenvalue weighted by molar-refractivity contribution is 6.30. The molecule has 0 amide bonds. The van der Waals surface area contributed by atoms with E-state index in [4.69, 9.17) is 11.6 Å². The maximum atomic E-state index is 13.4. The highest BCUT2D eigenvalue weighted by Gasteiger charge is 2.08.